The molecule has 1 aliphatic heterocycles. The fourth-order valence-corrected chi connectivity index (χ4v) is 3.90. The van der Waals surface area contributed by atoms with Gasteiger partial charge in [-0.15, -0.1) is 0 Å². The minimum absolute atomic E-state index is 0.0676. The molecule has 2 aromatic rings. The van der Waals surface area contributed by atoms with Crippen molar-refractivity contribution in [3.05, 3.63) is 41.7 Å². The van der Waals surface area contributed by atoms with E-state index in [0.717, 1.165) is 30.2 Å². The van der Waals surface area contributed by atoms with Crippen molar-refractivity contribution < 1.29 is 9.53 Å². The number of aromatic nitrogens is 2. The summed E-state index contributed by atoms with van der Waals surface area (Å²) in [6.07, 6.45) is 6.34. The molecule has 0 saturated heterocycles. The summed E-state index contributed by atoms with van der Waals surface area (Å²) in [5, 5.41) is 3.11. The number of hydrogen-bond acceptors (Lipinski definition) is 3. The van der Waals surface area contributed by atoms with Crippen molar-refractivity contribution in [3.8, 4) is 11.4 Å². The van der Waals surface area contributed by atoms with Crippen LogP contribution in [0.15, 0.2) is 30.3 Å². The van der Waals surface area contributed by atoms with Gasteiger partial charge in [-0.3, -0.25) is 4.79 Å². The Kier molecular flexibility index (Phi) is 4.83. The third-order valence-corrected chi connectivity index (χ3v) is 5.29. The molecule has 0 spiro atoms. The van der Waals surface area contributed by atoms with E-state index in [4.69, 9.17) is 9.72 Å². The Bertz CT molecular complexity index is 733. The fraction of sp³-hybridized carbons (Fsp3) is 0.500. The molecule has 0 radical (unpaired) electrons. The molecule has 2 aliphatic rings. The number of rotatable bonds is 4. The van der Waals surface area contributed by atoms with E-state index < -0.39 is 0 Å². The van der Waals surface area contributed by atoms with E-state index in [1.54, 1.807) is 0 Å². The van der Waals surface area contributed by atoms with Crippen molar-refractivity contribution in [1.82, 2.24) is 14.9 Å². The van der Waals surface area contributed by atoms with Gasteiger partial charge in [0, 0.05) is 18.7 Å². The minimum atomic E-state index is -0.0676. The smallest absolute Gasteiger partial charge is 0.271 e. The Labute approximate surface area is 148 Å². The molecule has 1 amide bonds. The summed E-state index contributed by atoms with van der Waals surface area (Å²) in [6.45, 7) is 2.60. The summed E-state index contributed by atoms with van der Waals surface area (Å²) >= 11 is 0. The Morgan fingerprint density at radius 3 is 2.80 bits per heavy atom. The highest BCUT2D eigenvalue weighted by atomic mass is 16.5. The first-order valence-electron chi connectivity index (χ1n) is 9.33. The molecule has 1 fully saturated rings. The van der Waals surface area contributed by atoms with E-state index in [2.05, 4.69) is 9.88 Å². The number of nitrogens with one attached hydrogen (secondary N) is 1. The molecule has 0 bridgehead atoms. The zero-order valence-electron chi connectivity index (χ0n) is 14.5. The third-order valence-electron chi connectivity index (χ3n) is 5.29. The van der Waals surface area contributed by atoms with Gasteiger partial charge in [-0.1, -0.05) is 49.6 Å². The molecule has 25 heavy (non-hydrogen) atoms. The van der Waals surface area contributed by atoms with Crippen LogP contribution in [-0.2, 0) is 17.9 Å². The van der Waals surface area contributed by atoms with Crippen LogP contribution in [0.1, 0.15) is 48.3 Å². The number of imidazole rings is 1. The summed E-state index contributed by atoms with van der Waals surface area (Å²) in [5.41, 5.74) is 2.46. The van der Waals surface area contributed by atoms with Crippen LogP contribution >= 0.6 is 0 Å². The van der Waals surface area contributed by atoms with Crippen LogP contribution in [-0.4, -0.2) is 28.6 Å². The molecule has 1 N–H and O–H groups in total. The molecular weight excluding hydrogens is 314 g/mol. The Morgan fingerprint density at radius 1 is 1.20 bits per heavy atom. The number of amides is 1. The topological polar surface area (TPSA) is 56.2 Å². The van der Waals surface area contributed by atoms with Crippen LogP contribution in [0.4, 0.5) is 0 Å². The SMILES string of the molecule is O=C(NCC1CCCCC1)c1nc(-c2ccccc2)n2c1COCC2. The summed E-state index contributed by atoms with van der Waals surface area (Å²) in [4.78, 5) is 17.5. The van der Waals surface area contributed by atoms with Gasteiger partial charge in [0.25, 0.3) is 5.91 Å². The highest BCUT2D eigenvalue weighted by Gasteiger charge is 2.26. The van der Waals surface area contributed by atoms with E-state index in [0.29, 0.717) is 24.8 Å². The number of carbonyl (C=O) groups excluding carboxylic acids is 1. The Balaban J connectivity index is 1.56. The summed E-state index contributed by atoms with van der Waals surface area (Å²) in [6, 6.07) is 10.1. The normalized spacial score (nSPS) is 17.9. The first kappa shape index (κ1) is 16.3. The van der Waals surface area contributed by atoms with Gasteiger partial charge in [0.15, 0.2) is 5.69 Å². The van der Waals surface area contributed by atoms with E-state index in [9.17, 15) is 4.79 Å². The highest BCUT2D eigenvalue weighted by molar-refractivity contribution is 5.94. The van der Waals surface area contributed by atoms with Crippen molar-refractivity contribution in [2.75, 3.05) is 13.2 Å². The van der Waals surface area contributed by atoms with Crippen LogP contribution in [0.5, 0.6) is 0 Å². The minimum Gasteiger partial charge on any atom is -0.373 e. The summed E-state index contributed by atoms with van der Waals surface area (Å²) in [5.74, 6) is 1.41. The lowest BCUT2D eigenvalue weighted by Crippen LogP contribution is -2.31. The second-order valence-electron chi connectivity index (χ2n) is 7.02. The van der Waals surface area contributed by atoms with Gasteiger partial charge in [-0.05, 0) is 18.8 Å². The van der Waals surface area contributed by atoms with Crippen LogP contribution in [0, 0.1) is 5.92 Å². The molecule has 0 unspecified atom stereocenters. The van der Waals surface area contributed by atoms with Crippen LogP contribution in [0.25, 0.3) is 11.4 Å². The number of hydrogen-bond donors (Lipinski definition) is 1. The molecule has 132 valence electrons. The van der Waals surface area contributed by atoms with E-state index in [1.165, 1.54) is 32.1 Å². The van der Waals surface area contributed by atoms with Crippen molar-refractivity contribution in [1.29, 1.82) is 0 Å². The highest BCUT2D eigenvalue weighted by Crippen LogP contribution is 2.26. The zero-order valence-corrected chi connectivity index (χ0v) is 14.5. The van der Waals surface area contributed by atoms with Gasteiger partial charge < -0.3 is 14.6 Å². The number of benzene rings is 1. The van der Waals surface area contributed by atoms with Crippen molar-refractivity contribution in [2.24, 2.45) is 5.92 Å². The predicted molar refractivity (Wildman–Crippen MR) is 96.2 cm³/mol. The van der Waals surface area contributed by atoms with Crippen molar-refractivity contribution in [2.45, 2.75) is 45.3 Å². The number of fused-ring (bicyclic) bond motifs is 1. The van der Waals surface area contributed by atoms with Crippen molar-refractivity contribution >= 4 is 5.91 Å². The van der Waals surface area contributed by atoms with Gasteiger partial charge in [0.2, 0.25) is 0 Å². The van der Waals surface area contributed by atoms with E-state index in [1.807, 2.05) is 30.3 Å². The largest absolute Gasteiger partial charge is 0.373 e. The predicted octanol–water partition coefficient (Wildman–Crippen LogP) is 3.39. The molecule has 4 rings (SSSR count). The third kappa shape index (κ3) is 3.47. The summed E-state index contributed by atoms with van der Waals surface area (Å²) in [7, 11) is 0. The van der Waals surface area contributed by atoms with E-state index in [-0.39, 0.29) is 5.91 Å². The fourth-order valence-electron chi connectivity index (χ4n) is 3.90. The molecule has 2 heterocycles. The number of carbonyl (C=O) groups is 1. The standard InChI is InChI=1S/C20H25N3O2/c24-20(21-13-15-7-3-1-4-8-15)18-17-14-25-12-11-23(17)19(22-18)16-9-5-2-6-10-16/h2,5-6,9-10,15H,1,3-4,7-8,11-14H2,(H,21,24). The van der Waals surface area contributed by atoms with Crippen LogP contribution in [0.3, 0.4) is 0 Å². The second kappa shape index (κ2) is 7.40. The number of ether oxygens (including phenoxy) is 1. The molecular formula is C20H25N3O2. The average molecular weight is 339 g/mol. The van der Waals surface area contributed by atoms with Crippen LogP contribution in [0.2, 0.25) is 0 Å². The maximum atomic E-state index is 12.8. The maximum absolute atomic E-state index is 12.8. The lowest BCUT2D eigenvalue weighted by atomic mass is 9.89. The van der Waals surface area contributed by atoms with Crippen LogP contribution < -0.4 is 5.32 Å². The zero-order chi connectivity index (χ0) is 17.1. The first-order valence-corrected chi connectivity index (χ1v) is 9.33. The van der Waals surface area contributed by atoms with Crippen molar-refractivity contribution in [3.63, 3.8) is 0 Å². The molecule has 5 nitrogen and oxygen atoms in total. The maximum Gasteiger partial charge on any atom is 0.271 e. The van der Waals surface area contributed by atoms with Gasteiger partial charge in [-0.2, -0.15) is 0 Å². The summed E-state index contributed by atoms with van der Waals surface area (Å²) < 4.78 is 7.72. The molecule has 1 saturated carbocycles. The van der Waals surface area contributed by atoms with Gasteiger partial charge in [0.05, 0.1) is 18.9 Å². The molecule has 1 aromatic heterocycles. The van der Waals surface area contributed by atoms with Gasteiger partial charge >= 0.3 is 0 Å². The molecule has 1 aliphatic carbocycles. The van der Waals surface area contributed by atoms with Gasteiger partial charge in [0.1, 0.15) is 5.82 Å². The second-order valence-corrected chi connectivity index (χ2v) is 7.02. The van der Waals surface area contributed by atoms with Gasteiger partial charge in [-0.25, -0.2) is 4.98 Å². The molecule has 5 heteroatoms. The van der Waals surface area contributed by atoms with E-state index >= 15 is 0 Å². The molecule has 0 atom stereocenters. The lowest BCUT2D eigenvalue weighted by molar-refractivity contribution is 0.0814. The average Bonchev–Trinajstić information content (AvgIpc) is 3.07. The molecule has 1 aromatic carbocycles. The lowest BCUT2D eigenvalue weighted by Gasteiger charge is -2.22. The quantitative estimate of drug-likeness (QED) is 0.929. The first-order chi connectivity index (χ1) is 12.3. The monoisotopic (exact) mass is 339 g/mol. The Hall–Kier alpha value is -2.14. The number of nitrogens with zero attached hydrogens (tertiary/aromatic N) is 2. The Morgan fingerprint density at radius 2 is 2.00 bits per heavy atom.